The number of rotatable bonds is 5. The molecule has 1 aliphatic heterocycles. The molecule has 2 aromatic carbocycles. The van der Waals surface area contributed by atoms with Gasteiger partial charge in [0.05, 0.1) is 56.2 Å². The van der Waals surface area contributed by atoms with Crippen LogP contribution in [0.5, 0.6) is 0 Å². The zero-order chi connectivity index (χ0) is 19.6. The largest absolute Gasteiger partial charge is 1.00 e. The summed E-state index contributed by atoms with van der Waals surface area (Å²) >= 11 is 0. The maximum Gasteiger partial charge on any atom is 0.260 e. The Kier molecular flexibility index (Phi) is 7.22. The summed E-state index contributed by atoms with van der Waals surface area (Å²) in [6.07, 6.45) is 0. The average Bonchev–Trinajstić information content (AvgIpc) is 2.68. The third kappa shape index (κ3) is 4.22. The second-order valence-corrected chi connectivity index (χ2v) is 7.52. The van der Waals surface area contributed by atoms with Crippen molar-refractivity contribution in [1.29, 1.82) is 0 Å². The van der Waals surface area contributed by atoms with Crippen molar-refractivity contribution in [1.82, 2.24) is 0 Å². The Morgan fingerprint density at radius 2 is 1.25 bits per heavy atom. The Balaban J connectivity index is 0.00000280. The van der Waals surface area contributed by atoms with E-state index in [4.69, 9.17) is 0 Å². The van der Waals surface area contributed by atoms with Crippen molar-refractivity contribution >= 4 is 23.2 Å². The van der Waals surface area contributed by atoms with E-state index in [0.717, 1.165) is 17.6 Å². The third-order valence-corrected chi connectivity index (χ3v) is 5.44. The fourth-order valence-corrected chi connectivity index (χ4v) is 3.35. The molecule has 3 rings (SSSR count). The van der Waals surface area contributed by atoms with Crippen LogP contribution in [0.2, 0.25) is 0 Å². The number of nitrogens with zero attached hydrogens (tertiary/aromatic N) is 3. The molecular weight excluding hydrogens is 465 g/mol. The number of halogens is 1. The first kappa shape index (κ1) is 22.4. The summed E-state index contributed by atoms with van der Waals surface area (Å²) < 4.78 is 0.808. The van der Waals surface area contributed by atoms with Crippen LogP contribution in [0.1, 0.15) is 34.6 Å². The third-order valence-electron chi connectivity index (χ3n) is 5.44. The molecule has 150 valence electrons. The number of quaternary nitrogens is 1. The molecule has 2 amide bonds. The van der Waals surface area contributed by atoms with Crippen molar-refractivity contribution in [2.75, 3.05) is 50.1 Å². The van der Waals surface area contributed by atoms with Crippen molar-refractivity contribution in [2.45, 2.75) is 13.8 Å². The molecule has 0 bridgehead atoms. The highest BCUT2D eigenvalue weighted by molar-refractivity contribution is 6.20. The van der Waals surface area contributed by atoms with Gasteiger partial charge in [0.15, 0.2) is 0 Å². The van der Waals surface area contributed by atoms with Crippen molar-refractivity contribution in [3.05, 3.63) is 59.7 Å². The van der Waals surface area contributed by atoms with E-state index in [1.807, 2.05) is 55.5 Å². The van der Waals surface area contributed by atoms with E-state index < -0.39 is 0 Å². The molecule has 0 aliphatic carbocycles. The molecular formula is C22H28IN3O2. The molecule has 5 nitrogen and oxygen atoms in total. The van der Waals surface area contributed by atoms with Crippen molar-refractivity contribution in [3.8, 4) is 0 Å². The standard InChI is InChI=1S/C22H28N3O2.HI/c1-5-23-19-13-9-7-11-17(19)22(27)24(15-16-25(3,4)6-2)20-14-10-8-12-18(20)21(23)26;/h7-14H,5-6,15-16H2,1-4H3;1H/q+1;/p-1. The number of hydrogen-bond acceptors (Lipinski definition) is 2. The molecule has 0 N–H and O–H groups in total. The molecule has 0 aromatic heterocycles. The molecule has 6 heteroatoms. The van der Waals surface area contributed by atoms with Gasteiger partial charge in [0.1, 0.15) is 0 Å². The van der Waals surface area contributed by atoms with Gasteiger partial charge in [0.25, 0.3) is 11.8 Å². The SMILES string of the molecule is CCN1C(=O)c2ccccc2N(CC[N+](C)(C)CC)C(=O)c2ccccc21.[I-]. The highest BCUT2D eigenvalue weighted by Crippen LogP contribution is 2.32. The van der Waals surface area contributed by atoms with Gasteiger partial charge in [0, 0.05) is 6.54 Å². The molecule has 0 unspecified atom stereocenters. The van der Waals surface area contributed by atoms with Gasteiger partial charge in [-0.15, -0.1) is 0 Å². The number of likely N-dealkylation sites (N-methyl/N-ethyl adjacent to an activating group) is 1. The minimum atomic E-state index is -0.0673. The van der Waals surface area contributed by atoms with Gasteiger partial charge < -0.3 is 38.3 Å². The normalized spacial score (nSPS) is 14.0. The van der Waals surface area contributed by atoms with Crippen molar-refractivity contribution in [3.63, 3.8) is 0 Å². The van der Waals surface area contributed by atoms with Crippen LogP contribution in [0.4, 0.5) is 11.4 Å². The minimum Gasteiger partial charge on any atom is -1.00 e. The van der Waals surface area contributed by atoms with E-state index in [2.05, 4.69) is 21.0 Å². The van der Waals surface area contributed by atoms with E-state index in [1.165, 1.54) is 0 Å². The second kappa shape index (κ2) is 9.05. The first-order valence-corrected chi connectivity index (χ1v) is 9.53. The summed E-state index contributed by atoms with van der Waals surface area (Å²) in [5.74, 6) is -0.123. The number of carbonyl (C=O) groups is 2. The monoisotopic (exact) mass is 493 g/mol. The van der Waals surface area contributed by atoms with Crippen LogP contribution in [0.3, 0.4) is 0 Å². The average molecular weight is 493 g/mol. The van der Waals surface area contributed by atoms with Crippen LogP contribution in [0.25, 0.3) is 0 Å². The Morgan fingerprint density at radius 1 is 0.786 bits per heavy atom. The number of amides is 2. The maximum atomic E-state index is 13.5. The number of carbonyl (C=O) groups excluding carboxylic acids is 2. The van der Waals surface area contributed by atoms with Gasteiger partial charge >= 0.3 is 0 Å². The Morgan fingerprint density at radius 3 is 1.75 bits per heavy atom. The maximum absolute atomic E-state index is 13.5. The van der Waals surface area contributed by atoms with Gasteiger partial charge in [-0.3, -0.25) is 9.59 Å². The van der Waals surface area contributed by atoms with E-state index in [1.54, 1.807) is 9.80 Å². The zero-order valence-electron chi connectivity index (χ0n) is 17.0. The molecule has 2 aromatic rings. The summed E-state index contributed by atoms with van der Waals surface area (Å²) in [7, 11) is 4.30. The van der Waals surface area contributed by atoms with E-state index >= 15 is 0 Å². The summed E-state index contributed by atoms with van der Waals surface area (Å²) in [6.45, 7) is 6.93. The van der Waals surface area contributed by atoms with Crippen LogP contribution in [-0.2, 0) is 0 Å². The molecule has 0 saturated carbocycles. The van der Waals surface area contributed by atoms with Gasteiger partial charge in [-0.2, -0.15) is 0 Å². The highest BCUT2D eigenvalue weighted by Gasteiger charge is 2.32. The number of anilines is 2. The summed E-state index contributed by atoms with van der Waals surface area (Å²) in [5.41, 5.74) is 2.52. The summed E-state index contributed by atoms with van der Waals surface area (Å²) in [5, 5.41) is 0. The van der Waals surface area contributed by atoms with Gasteiger partial charge in [0.2, 0.25) is 0 Å². The van der Waals surface area contributed by atoms with E-state index in [9.17, 15) is 9.59 Å². The summed E-state index contributed by atoms with van der Waals surface area (Å²) in [4.78, 5) is 30.2. The number of benzene rings is 2. The number of para-hydroxylation sites is 2. The predicted molar refractivity (Wildman–Crippen MR) is 109 cm³/mol. The number of hydrogen-bond donors (Lipinski definition) is 0. The summed E-state index contributed by atoms with van der Waals surface area (Å²) in [6, 6.07) is 14.8. The van der Waals surface area contributed by atoms with Crippen LogP contribution >= 0.6 is 0 Å². The fraction of sp³-hybridized carbons (Fsp3) is 0.364. The lowest BCUT2D eigenvalue weighted by molar-refractivity contribution is -0.886. The Hall–Kier alpha value is -1.93. The molecule has 0 fully saturated rings. The Bertz CT molecular complexity index is 866. The second-order valence-electron chi connectivity index (χ2n) is 7.52. The molecule has 0 spiro atoms. The molecule has 28 heavy (non-hydrogen) atoms. The van der Waals surface area contributed by atoms with Gasteiger partial charge in [-0.25, -0.2) is 0 Å². The molecule has 0 atom stereocenters. The first-order valence-electron chi connectivity index (χ1n) is 9.53. The first-order chi connectivity index (χ1) is 12.9. The molecule has 0 radical (unpaired) electrons. The van der Waals surface area contributed by atoms with E-state index in [-0.39, 0.29) is 35.8 Å². The lowest BCUT2D eigenvalue weighted by Crippen LogP contribution is -3.00. The van der Waals surface area contributed by atoms with Gasteiger partial charge in [-0.1, -0.05) is 24.3 Å². The van der Waals surface area contributed by atoms with Crippen molar-refractivity contribution in [2.24, 2.45) is 0 Å². The number of fused-ring (bicyclic) bond motifs is 2. The fourth-order valence-electron chi connectivity index (χ4n) is 3.35. The predicted octanol–water partition coefficient (Wildman–Crippen LogP) is 0.414. The molecule has 1 heterocycles. The van der Waals surface area contributed by atoms with Crippen molar-refractivity contribution < 1.29 is 38.0 Å². The molecule has 1 aliphatic rings. The Labute approximate surface area is 184 Å². The molecule has 0 saturated heterocycles. The quantitative estimate of drug-likeness (QED) is 0.448. The zero-order valence-corrected chi connectivity index (χ0v) is 19.1. The van der Waals surface area contributed by atoms with Crippen LogP contribution in [0.15, 0.2) is 48.5 Å². The smallest absolute Gasteiger partial charge is 0.260 e. The van der Waals surface area contributed by atoms with Gasteiger partial charge in [-0.05, 0) is 38.1 Å². The lowest BCUT2D eigenvalue weighted by Gasteiger charge is -2.35. The lowest BCUT2D eigenvalue weighted by atomic mass is 10.0. The van der Waals surface area contributed by atoms with Crippen LogP contribution < -0.4 is 33.8 Å². The highest BCUT2D eigenvalue weighted by atomic mass is 127. The van der Waals surface area contributed by atoms with Crippen LogP contribution in [-0.4, -0.2) is 56.6 Å². The van der Waals surface area contributed by atoms with E-state index in [0.29, 0.717) is 35.6 Å². The topological polar surface area (TPSA) is 40.6 Å². The van der Waals surface area contributed by atoms with Crippen LogP contribution in [0, 0.1) is 0 Å². The minimum absolute atomic E-state index is 0.